The van der Waals surface area contributed by atoms with Crippen molar-refractivity contribution in [3.63, 3.8) is 0 Å². The second kappa shape index (κ2) is 5.61. The number of rotatable bonds is 4. The smallest absolute Gasteiger partial charge is 0.335 e. The summed E-state index contributed by atoms with van der Waals surface area (Å²) in [4.78, 5) is 15.3. The summed E-state index contributed by atoms with van der Waals surface area (Å²) in [5.41, 5.74) is 2.72. The molecule has 0 aliphatic heterocycles. The van der Waals surface area contributed by atoms with E-state index in [2.05, 4.69) is 10.3 Å². The van der Waals surface area contributed by atoms with Gasteiger partial charge in [0, 0.05) is 11.4 Å². The Morgan fingerprint density at radius 2 is 2.00 bits per heavy atom. The maximum absolute atomic E-state index is 11.0. The molecule has 1 heterocycles. The number of carboxylic acids is 1. The molecule has 0 fully saturated rings. The Labute approximate surface area is 117 Å². The van der Waals surface area contributed by atoms with Crippen LogP contribution in [0.4, 0.5) is 11.5 Å². The van der Waals surface area contributed by atoms with Gasteiger partial charge in [-0.05, 0) is 49.7 Å². The van der Waals surface area contributed by atoms with Crippen LogP contribution in [0, 0.1) is 13.8 Å². The van der Waals surface area contributed by atoms with Gasteiger partial charge in [-0.25, -0.2) is 9.78 Å². The molecule has 0 atom stereocenters. The Bertz CT molecular complexity index is 654. The molecule has 5 heteroatoms. The van der Waals surface area contributed by atoms with E-state index in [1.54, 1.807) is 14.0 Å². The summed E-state index contributed by atoms with van der Waals surface area (Å²) in [5.74, 6) is 0.317. The third-order valence-corrected chi connectivity index (χ3v) is 2.90. The summed E-state index contributed by atoms with van der Waals surface area (Å²) in [6.45, 7) is 3.71. The van der Waals surface area contributed by atoms with Crippen LogP contribution in [0.1, 0.15) is 21.6 Å². The van der Waals surface area contributed by atoms with E-state index in [0.29, 0.717) is 11.5 Å². The minimum atomic E-state index is -0.968. The second-order valence-electron chi connectivity index (χ2n) is 4.49. The van der Waals surface area contributed by atoms with Crippen molar-refractivity contribution in [2.24, 2.45) is 0 Å². The average Bonchev–Trinajstić information content (AvgIpc) is 2.40. The van der Waals surface area contributed by atoms with E-state index < -0.39 is 5.97 Å². The van der Waals surface area contributed by atoms with Crippen molar-refractivity contribution in [1.29, 1.82) is 0 Å². The van der Waals surface area contributed by atoms with Crippen molar-refractivity contribution in [2.75, 3.05) is 12.4 Å². The molecule has 0 saturated heterocycles. The molecule has 2 rings (SSSR count). The standard InChI is InChI=1S/C15H16N2O3/c1-9-6-12(20-3)4-5-13(9)17-14-8-11(15(18)19)7-10(2)16-14/h4-8H,1-3H3,(H,16,17)(H,18,19). The van der Waals surface area contributed by atoms with Crippen LogP contribution in [0.15, 0.2) is 30.3 Å². The lowest BCUT2D eigenvalue weighted by Gasteiger charge is -2.11. The van der Waals surface area contributed by atoms with Gasteiger partial charge < -0.3 is 15.2 Å². The Morgan fingerprint density at radius 1 is 1.25 bits per heavy atom. The van der Waals surface area contributed by atoms with Gasteiger partial charge in [-0.1, -0.05) is 0 Å². The molecule has 0 saturated carbocycles. The number of methoxy groups -OCH3 is 1. The molecule has 1 aromatic heterocycles. The summed E-state index contributed by atoms with van der Waals surface area (Å²) in [5, 5.41) is 12.2. The molecule has 1 aromatic carbocycles. The SMILES string of the molecule is COc1ccc(Nc2cc(C(=O)O)cc(C)n2)c(C)c1. The number of nitrogens with one attached hydrogen (secondary N) is 1. The highest BCUT2D eigenvalue weighted by molar-refractivity contribution is 5.88. The van der Waals surface area contributed by atoms with Crippen molar-refractivity contribution in [3.05, 3.63) is 47.2 Å². The number of pyridine rings is 1. The number of ether oxygens (including phenoxy) is 1. The van der Waals surface area contributed by atoms with Crippen LogP contribution in [0.25, 0.3) is 0 Å². The van der Waals surface area contributed by atoms with Crippen molar-refractivity contribution in [3.8, 4) is 5.75 Å². The number of aromatic nitrogens is 1. The molecule has 5 nitrogen and oxygen atoms in total. The molecule has 2 aromatic rings. The van der Waals surface area contributed by atoms with Gasteiger partial charge in [0.05, 0.1) is 12.7 Å². The maximum atomic E-state index is 11.0. The molecule has 0 aliphatic carbocycles. The molecule has 0 amide bonds. The Morgan fingerprint density at radius 3 is 2.60 bits per heavy atom. The molecular formula is C15H16N2O3. The van der Waals surface area contributed by atoms with Gasteiger partial charge in [0.1, 0.15) is 11.6 Å². The quantitative estimate of drug-likeness (QED) is 0.894. The Kier molecular flexibility index (Phi) is 3.89. The third kappa shape index (κ3) is 3.06. The van der Waals surface area contributed by atoms with Crippen LogP contribution in [0.3, 0.4) is 0 Å². The number of hydrogen-bond acceptors (Lipinski definition) is 4. The number of anilines is 2. The normalized spacial score (nSPS) is 10.2. The minimum absolute atomic E-state index is 0.214. The van der Waals surface area contributed by atoms with Crippen molar-refractivity contribution < 1.29 is 14.6 Å². The van der Waals surface area contributed by atoms with Gasteiger partial charge in [0.25, 0.3) is 0 Å². The van der Waals surface area contributed by atoms with Crippen LogP contribution >= 0.6 is 0 Å². The molecule has 20 heavy (non-hydrogen) atoms. The van der Waals surface area contributed by atoms with E-state index in [0.717, 1.165) is 17.0 Å². The highest BCUT2D eigenvalue weighted by Crippen LogP contribution is 2.24. The predicted molar refractivity (Wildman–Crippen MR) is 76.9 cm³/mol. The first-order chi connectivity index (χ1) is 9.49. The molecule has 0 spiro atoms. The van der Waals surface area contributed by atoms with Gasteiger partial charge in [-0.3, -0.25) is 0 Å². The summed E-state index contributed by atoms with van der Waals surface area (Å²) < 4.78 is 5.15. The van der Waals surface area contributed by atoms with E-state index in [4.69, 9.17) is 9.84 Å². The van der Waals surface area contributed by atoms with Crippen LogP contribution in [-0.4, -0.2) is 23.2 Å². The highest BCUT2D eigenvalue weighted by atomic mass is 16.5. The first-order valence-electron chi connectivity index (χ1n) is 6.13. The van der Waals surface area contributed by atoms with Crippen LogP contribution in [0.2, 0.25) is 0 Å². The molecule has 0 radical (unpaired) electrons. The van der Waals surface area contributed by atoms with Gasteiger partial charge in [-0.2, -0.15) is 0 Å². The number of carboxylic acid groups (broad SMARTS) is 1. The number of aryl methyl sites for hydroxylation is 2. The molecular weight excluding hydrogens is 256 g/mol. The zero-order valence-electron chi connectivity index (χ0n) is 11.6. The Balaban J connectivity index is 2.32. The van der Waals surface area contributed by atoms with E-state index in [1.807, 2.05) is 25.1 Å². The van der Waals surface area contributed by atoms with Crippen molar-refractivity contribution in [2.45, 2.75) is 13.8 Å². The summed E-state index contributed by atoms with van der Waals surface area (Å²) in [7, 11) is 1.61. The predicted octanol–water partition coefficient (Wildman–Crippen LogP) is 3.15. The molecule has 2 N–H and O–H groups in total. The van der Waals surface area contributed by atoms with Gasteiger partial charge >= 0.3 is 5.97 Å². The van der Waals surface area contributed by atoms with E-state index >= 15 is 0 Å². The fraction of sp³-hybridized carbons (Fsp3) is 0.200. The monoisotopic (exact) mass is 272 g/mol. The zero-order chi connectivity index (χ0) is 14.7. The molecule has 0 aliphatic rings. The minimum Gasteiger partial charge on any atom is -0.497 e. The molecule has 0 bridgehead atoms. The Hall–Kier alpha value is -2.56. The fourth-order valence-corrected chi connectivity index (χ4v) is 1.90. The lowest BCUT2D eigenvalue weighted by molar-refractivity contribution is 0.0696. The van der Waals surface area contributed by atoms with Gasteiger partial charge in [0.15, 0.2) is 0 Å². The molecule has 104 valence electrons. The summed E-state index contributed by atoms with van der Waals surface area (Å²) in [6.07, 6.45) is 0. The van der Waals surface area contributed by atoms with Crippen molar-refractivity contribution in [1.82, 2.24) is 4.98 Å². The van der Waals surface area contributed by atoms with Gasteiger partial charge in [-0.15, -0.1) is 0 Å². The summed E-state index contributed by atoms with van der Waals surface area (Å²) >= 11 is 0. The summed E-state index contributed by atoms with van der Waals surface area (Å²) in [6, 6.07) is 8.66. The lowest BCUT2D eigenvalue weighted by Crippen LogP contribution is -2.02. The van der Waals surface area contributed by atoms with E-state index in [-0.39, 0.29) is 5.56 Å². The average molecular weight is 272 g/mol. The van der Waals surface area contributed by atoms with Crippen LogP contribution in [0.5, 0.6) is 5.75 Å². The van der Waals surface area contributed by atoms with Crippen molar-refractivity contribution >= 4 is 17.5 Å². The number of benzene rings is 1. The number of aromatic carboxylic acids is 1. The largest absolute Gasteiger partial charge is 0.497 e. The van der Waals surface area contributed by atoms with Gasteiger partial charge in [0.2, 0.25) is 0 Å². The first kappa shape index (κ1) is 13.9. The number of carbonyl (C=O) groups is 1. The highest BCUT2D eigenvalue weighted by Gasteiger charge is 2.08. The lowest BCUT2D eigenvalue weighted by atomic mass is 10.2. The maximum Gasteiger partial charge on any atom is 0.335 e. The number of nitrogens with zero attached hydrogens (tertiary/aromatic N) is 1. The second-order valence-corrected chi connectivity index (χ2v) is 4.49. The molecule has 0 unspecified atom stereocenters. The zero-order valence-corrected chi connectivity index (χ0v) is 11.6. The first-order valence-corrected chi connectivity index (χ1v) is 6.13. The van der Waals surface area contributed by atoms with E-state index in [9.17, 15) is 4.79 Å². The van der Waals surface area contributed by atoms with Crippen LogP contribution < -0.4 is 10.1 Å². The number of hydrogen-bond donors (Lipinski definition) is 2. The topological polar surface area (TPSA) is 71.5 Å². The van der Waals surface area contributed by atoms with E-state index in [1.165, 1.54) is 12.1 Å². The third-order valence-electron chi connectivity index (χ3n) is 2.90. The van der Waals surface area contributed by atoms with Crippen LogP contribution in [-0.2, 0) is 0 Å². The fourth-order valence-electron chi connectivity index (χ4n) is 1.90.